The molecule has 2 atom stereocenters. The van der Waals surface area contributed by atoms with Gasteiger partial charge < -0.3 is 15.5 Å². The van der Waals surface area contributed by atoms with Crippen LogP contribution in [0.2, 0.25) is 0 Å². The zero-order valence-corrected chi connectivity index (χ0v) is 11.3. The third kappa shape index (κ3) is 4.02. The van der Waals surface area contributed by atoms with Crippen LogP contribution in [0.15, 0.2) is 24.3 Å². The minimum Gasteiger partial charge on any atom is -0.481 e. The SMILES string of the molecule is O=C(O)CC(NC1CCCC1)C(O)c1ccc(F)cc1. The first kappa shape index (κ1) is 14.9. The second kappa shape index (κ2) is 6.81. The summed E-state index contributed by atoms with van der Waals surface area (Å²) in [7, 11) is 0. The van der Waals surface area contributed by atoms with Gasteiger partial charge in [0.2, 0.25) is 0 Å². The number of aliphatic hydroxyl groups excluding tert-OH is 1. The summed E-state index contributed by atoms with van der Waals surface area (Å²) in [4.78, 5) is 11.0. The highest BCUT2D eigenvalue weighted by atomic mass is 19.1. The Hall–Kier alpha value is -1.46. The predicted octanol–water partition coefficient (Wildman–Crippen LogP) is 2.23. The summed E-state index contributed by atoms with van der Waals surface area (Å²) in [6.45, 7) is 0. The van der Waals surface area contributed by atoms with Crippen molar-refractivity contribution in [2.24, 2.45) is 0 Å². The van der Waals surface area contributed by atoms with E-state index in [1.807, 2.05) is 0 Å². The number of aliphatic carboxylic acids is 1. The van der Waals surface area contributed by atoms with Gasteiger partial charge in [-0.05, 0) is 30.5 Å². The van der Waals surface area contributed by atoms with Crippen LogP contribution in [0.3, 0.4) is 0 Å². The van der Waals surface area contributed by atoms with Gasteiger partial charge in [0.15, 0.2) is 0 Å². The van der Waals surface area contributed by atoms with Gasteiger partial charge in [-0.1, -0.05) is 25.0 Å². The molecule has 0 amide bonds. The molecular weight excluding hydrogens is 261 g/mol. The smallest absolute Gasteiger partial charge is 0.305 e. The Morgan fingerprint density at radius 2 is 1.90 bits per heavy atom. The third-order valence-corrected chi connectivity index (χ3v) is 3.79. The standard InChI is InChI=1S/C15H20FNO3/c16-11-7-5-10(6-8-11)15(20)13(9-14(18)19)17-12-3-1-2-4-12/h5-8,12-13,15,17,20H,1-4,9H2,(H,18,19). The van der Waals surface area contributed by atoms with Gasteiger partial charge in [0.25, 0.3) is 0 Å². The highest BCUT2D eigenvalue weighted by molar-refractivity contribution is 5.67. The lowest BCUT2D eigenvalue weighted by atomic mass is 9.98. The maximum Gasteiger partial charge on any atom is 0.305 e. The quantitative estimate of drug-likeness (QED) is 0.748. The van der Waals surface area contributed by atoms with Crippen LogP contribution in [0.1, 0.15) is 43.8 Å². The molecule has 20 heavy (non-hydrogen) atoms. The fourth-order valence-corrected chi connectivity index (χ4v) is 2.74. The molecule has 0 aromatic heterocycles. The Morgan fingerprint density at radius 3 is 2.45 bits per heavy atom. The summed E-state index contributed by atoms with van der Waals surface area (Å²) >= 11 is 0. The second-order valence-corrected chi connectivity index (χ2v) is 5.35. The molecule has 0 heterocycles. The maximum atomic E-state index is 12.9. The average Bonchev–Trinajstić information content (AvgIpc) is 2.90. The summed E-state index contributed by atoms with van der Waals surface area (Å²) in [5.41, 5.74) is 0.531. The van der Waals surface area contributed by atoms with E-state index in [9.17, 15) is 14.3 Å². The number of carboxylic acid groups (broad SMARTS) is 1. The van der Waals surface area contributed by atoms with Gasteiger partial charge in [0.05, 0.1) is 12.5 Å². The maximum absolute atomic E-state index is 12.9. The second-order valence-electron chi connectivity index (χ2n) is 5.35. The molecule has 4 nitrogen and oxygen atoms in total. The van der Waals surface area contributed by atoms with Gasteiger partial charge in [0, 0.05) is 12.1 Å². The molecule has 2 rings (SSSR count). The molecule has 0 aliphatic heterocycles. The van der Waals surface area contributed by atoms with Crippen molar-refractivity contribution in [3.05, 3.63) is 35.6 Å². The lowest BCUT2D eigenvalue weighted by Crippen LogP contribution is -2.42. The van der Waals surface area contributed by atoms with Gasteiger partial charge in [0.1, 0.15) is 5.82 Å². The van der Waals surface area contributed by atoms with Gasteiger partial charge in [-0.2, -0.15) is 0 Å². The van der Waals surface area contributed by atoms with Crippen molar-refractivity contribution in [3.63, 3.8) is 0 Å². The van der Waals surface area contributed by atoms with Gasteiger partial charge >= 0.3 is 5.97 Å². The van der Waals surface area contributed by atoms with Crippen molar-refractivity contribution >= 4 is 5.97 Å². The van der Waals surface area contributed by atoms with E-state index in [1.165, 1.54) is 24.3 Å². The Bertz CT molecular complexity index is 443. The molecule has 1 aromatic carbocycles. The molecule has 0 spiro atoms. The van der Waals surface area contributed by atoms with Crippen molar-refractivity contribution in [1.29, 1.82) is 0 Å². The molecule has 0 bridgehead atoms. The number of benzene rings is 1. The molecule has 0 saturated heterocycles. The van der Waals surface area contributed by atoms with E-state index in [-0.39, 0.29) is 18.3 Å². The third-order valence-electron chi connectivity index (χ3n) is 3.79. The van der Waals surface area contributed by atoms with E-state index in [1.54, 1.807) is 0 Å². The highest BCUT2D eigenvalue weighted by Crippen LogP contribution is 2.24. The molecule has 1 aliphatic rings. The zero-order valence-electron chi connectivity index (χ0n) is 11.3. The van der Waals surface area contributed by atoms with E-state index >= 15 is 0 Å². The monoisotopic (exact) mass is 281 g/mol. The van der Waals surface area contributed by atoms with Crippen LogP contribution >= 0.6 is 0 Å². The largest absolute Gasteiger partial charge is 0.481 e. The van der Waals surface area contributed by atoms with Gasteiger partial charge in [-0.25, -0.2) is 4.39 Å². The Morgan fingerprint density at radius 1 is 1.30 bits per heavy atom. The number of nitrogens with one attached hydrogen (secondary N) is 1. The van der Waals surface area contributed by atoms with Crippen LogP contribution < -0.4 is 5.32 Å². The number of carboxylic acids is 1. The topological polar surface area (TPSA) is 69.6 Å². The fourth-order valence-electron chi connectivity index (χ4n) is 2.74. The number of rotatable bonds is 6. The van der Waals surface area contributed by atoms with E-state index < -0.39 is 18.1 Å². The Labute approximate surface area is 117 Å². The van der Waals surface area contributed by atoms with E-state index in [2.05, 4.69) is 5.32 Å². The van der Waals surface area contributed by atoms with Crippen LogP contribution in [0.4, 0.5) is 4.39 Å². The van der Waals surface area contributed by atoms with Crippen molar-refractivity contribution in [2.45, 2.75) is 50.3 Å². The molecule has 1 aromatic rings. The number of aliphatic hydroxyl groups is 1. The van der Waals surface area contributed by atoms with Crippen molar-refractivity contribution in [3.8, 4) is 0 Å². The Balaban J connectivity index is 2.07. The van der Waals surface area contributed by atoms with Crippen molar-refractivity contribution < 1.29 is 19.4 Å². The molecule has 110 valence electrons. The van der Waals surface area contributed by atoms with Crippen LogP contribution in [0.25, 0.3) is 0 Å². The summed E-state index contributed by atoms with van der Waals surface area (Å²) < 4.78 is 12.9. The van der Waals surface area contributed by atoms with Crippen LogP contribution in [-0.4, -0.2) is 28.3 Å². The molecule has 0 radical (unpaired) electrons. The number of carbonyl (C=O) groups is 1. The minimum absolute atomic E-state index is 0.158. The van der Waals surface area contributed by atoms with E-state index in [0.29, 0.717) is 5.56 Å². The first-order valence-corrected chi connectivity index (χ1v) is 6.97. The molecule has 1 fully saturated rings. The van der Waals surface area contributed by atoms with Crippen LogP contribution in [0.5, 0.6) is 0 Å². The van der Waals surface area contributed by atoms with E-state index in [0.717, 1.165) is 25.7 Å². The summed E-state index contributed by atoms with van der Waals surface area (Å²) in [5, 5.41) is 22.6. The average molecular weight is 281 g/mol. The lowest BCUT2D eigenvalue weighted by Gasteiger charge is -2.26. The van der Waals surface area contributed by atoms with Crippen molar-refractivity contribution in [2.75, 3.05) is 0 Å². The Kier molecular flexibility index (Phi) is 5.09. The van der Waals surface area contributed by atoms with Crippen LogP contribution in [0, 0.1) is 5.82 Å². The molecule has 2 unspecified atom stereocenters. The summed E-state index contributed by atoms with van der Waals surface area (Å²) in [5.74, 6) is -1.33. The zero-order chi connectivity index (χ0) is 14.5. The number of hydrogen-bond acceptors (Lipinski definition) is 3. The van der Waals surface area contributed by atoms with Crippen LogP contribution in [-0.2, 0) is 4.79 Å². The summed E-state index contributed by atoms with van der Waals surface area (Å²) in [6, 6.07) is 5.23. The van der Waals surface area contributed by atoms with E-state index in [4.69, 9.17) is 5.11 Å². The van der Waals surface area contributed by atoms with Gasteiger partial charge in [-0.3, -0.25) is 4.79 Å². The molecule has 1 saturated carbocycles. The highest BCUT2D eigenvalue weighted by Gasteiger charge is 2.27. The first-order chi connectivity index (χ1) is 9.56. The fraction of sp³-hybridized carbons (Fsp3) is 0.533. The molecular formula is C15H20FNO3. The first-order valence-electron chi connectivity index (χ1n) is 6.97. The number of halogens is 1. The normalized spacial score (nSPS) is 18.9. The predicted molar refractivity (Wildman–Crippen MR) is 72.8 cm³/mol. The minimum atomic E-state index is -0.957. The van der Waals surface area contributed by atoms with Gasteiger partial charge in [-0.15, -0.1) is 0 Å². The number of hydrogen-bond donors (Lipinski definition) is 3. The molecule has 3 N–H and O–H groups in total. The van der Waals surface area contributed by atoms with Crippen molar-refractivity contribution in [1.82, 2.24) is 5.32 Å². The lowest BCUT2D eigenvalue weighted by molar-refractivity contribution is -0.138. The molecule has 1 aliphatic carbocycles. The summed E-state index contributed by atoms with van der Waals surface area (Å²) in [6.07, 6.45) is 3.16. The molecule has 5 heteroatoms.